The molecule has 3 rings (SSSR count). The second-order valence-corrected chi connectivity index (χ2v) is 5.24. The van der Waals surface area contributed by atoms with Crippen molar-refractivity contribution in [1.29, 1.82) is 0 Å². The van der Waals surface area contributed by atoms with Gasteiger partial charge in [0.2, 0.25) is 5.91 Å². The van der Waals surface area contributed by atoms with E-state index in [4.69, 9.17) is 4.74 Å². The zero-order chi connectivity index (χ0) is 16.9. The monoisotopic (exact) mass is 329 g/mol. The average Bonchev–Trinajstić information content (AvgIpc) is 3.02. The number of nitrogens with one attached hydrogen (secondary N) is 2. The Morgan fingerprint density at radius 1 is 1.29 bits per heavy atom. The largest absolute Gasteiger partial charge is 0.459 e. The minimum atomic E-state index is -0.628. The number of imide groups is 1. The van der Waals surface area contributed by atoms with Gasteiger partial charge in [-0.25, -0.2) is 9.48 Å². The topological polar surface area (TPSA) is 115 Å². The number of ether oxygens (including phenoxy) is 1. The van der Waals surface area contributed by atoms with Gasteiger partial charge in [-0.15, -0.1) is 5.10 Å². The average molecular weight is 329 g/mol. The molecule has 24 heavy (non-hydrogen) atoms. The first-order valence-electron chi connectivity index (χ1n) is 7.30. The van der Waals surface area contributed by atoms with Crippen LogP contribution in [0.3, 0.4) is 0 Å². The third kappa shape index (κ3) is 3.75. The van der Waals surface area contributed by atoms with Gasteiger partial charge in [0.25, 0.3) is 0 Å². The van der Waals surface area contributed by atoms with Crippen molar-refractivity contribution in [3.63, 3.8) is 0 Å². The van der Waals surface area contributed by atoms with Gasteiger partial charge in [-0.2, -0.15) is 0 Å². The van der Waals surface area contributed by atoms with Crippen molar-refractivity contribution >= 4 is 17.9 Å². The molecule has 1 aliphatic rings. The molecule has 124 valence electrons. The Kier molecular flexibility index (Phi) is 4.50. The van der Waals surface area contributed by atoms with Crippen molar-refractivity contribution in [1.82, 2.24) is 25.6 Å². The first kappa shape index (κ1) is 15.7. The minimum Gasteiger partial charge on any atom is -0.459 e. The van der Waals surface area contributed by atoms with Crippen molar-refractivity contribution < 1.29 is 19.1 Å². The molecule has 1 atom stereocenters. The zero-order valence-corrected chi connectivity index (χ0v) is 12.6. The Bertz CT molecular complexity index is 758. The van der Waals surface area contributed by atoms with Crippen molar-refractivity contribution in [2.24, 2.45) is 0 Å². The van der Waals surface area contributed by atoms with Crippen LogP contribution in [0.1, 0.15) is 17.2 Å². The highest BCUT2D eigenvalue weighted by atomic mass is 16.5. The highest BCUT2D eigenvalue weighted by molar-refractivity contribution is 6.00. The molecule has 9 nitrogen and oxygen atoms in total. The lowest BCUT2D eigenvalue weighted by molar-refractivity contribution is -0.145. The molecule has 0 bridgehead atoms. The van der Waals surface area contributed by atoms with E-state index in [0.29, 0.717) is 5.69 Å². The predicted molar refractivity (Wildman–Crippen MR) is 80.5 cm³/mol. The SMILES string of the molecule is O=C1NCC(c2cn(CC(=O)OCc3ccccc3)nn2)C(=O)N1. The van der Waals surface area contributed by atoms with Gasteiger partial charge in [-0.1, -0.05) is 35.5 Å². The number of rotatable bonds is 5. The fourth-order valence-electron chi connectivity index (χ4n) is 2.24. The lowest BCUT2D eigenvalue weighted by Crippen LogP contribution is -2.51. The Morgan fingerprint density at radius 3 is 2.83 bits per heavy atom. The minimum absolute atomic E-state index is 0.111. The van der Waals surface area contributed by atoms with E-state index >= 15 is 0 Å². The Hall–Kier alpha value is -3.23. The molecule has 1 aliphatic heterocycles. The number of esters is 1. The number of amides is 3. The molecule has 1 saturated heterocycles. The molecule has 0 aliphatic carbocycles. The zero-order valence-electron chi connectivity index (χ0n) is 12.6. The molecular weight excluding hydrogens is 314 g/mol. The maximum atomic E-state index is 11.8. The van der Waals surface area contributed by atoms with E-state index in [9.17, 15) is 14.4 Å². The van der Waals surface area contributed by atoms with Gasteiger partial charge in [0, 0.05) is 12.7 Å². The van der Waals surface area contributed by atoms with E-state index in [1.54, 1.807) is 0 Å². The number of carbonyl (C=O) groups excluding carboxylic acids is 3. The summed E-state index contributed by atoms with van der Waals surface area (Å²) in [6.45, 7) is 0.209. The maximum Gasteiger partial charge on any atom is 0.328 e. The number of nitrogens with zero attached hydrogens (tertiary/aromatic N) is 3. The number of carbonyl (C=O) groups is 3. The standard InChI is InChI=1S/C15H15N5O4/c21-13(24-9-10-4-2-1-3-5-10)8-20-7-12(18-19-20)11-6-16-15(23)17-14(11)22/h1-5,7,11H,6,8-9H2,(H2,16,17,22,23). The van der Waals surface area contributed by atoms with E-state index in [-0.39, 0.29) is 19.7 Å². The third-order valence-corrected chi connectivity index (χ3v) is 3.47. The van der Waals surface area contributed by atoms with Crippen LogP contribution in [0, 0.1) is 0 Å². The van der Waals surface area contributed by atoms with Crippen LogP contribution < -0.4 is 10.6 Å². The Labute approximate surface area is 137 Å². The highest BCUT2D eigenvalue weighted by Crippen LogP contribution is 2.14. The fraction of sp³-hybridized carbons (Fsp3) is 0.267. The summed E-state index contributed by atoms with van der Waals surface area (Å²) in [6.07, 6.45) is 1.49. The molecule has 0 saturated carbocycles. The highest BCUT2D eigenvalue weighted by Gasteiger charge is 2.30. The molecule has 0 spiro atoms. The summed E-state index contributed by atoms with van der Waals surface area (Å²) < 4.78 is 6.46. The molecule has 2 heterocycles. The first-order valence-corrected chi connectivity index (χ1v) is 7.30. The fourth-order valence-corrected chi connectivity index (χ4v) is 2.24. The van der Waals surface area contributed by atoms with Crippen molar-refractivity contribution in [2.45, 2.75) is 19.1 Å². The molecule has 2 N–H and O–H groups in total. The van der Waals surface area contributed by atoms with Gasteiger partial charge < -0.3 is 10.1 Å². The smallest absolute Gasteiger partial charge is 0.328 e. The van der Waals surface area contributed by atoms with Crippen LogP contribution >= 0.6 is 0 Å². The van der Waals surface area contributed by atoms with Crippen LogP contribution in [0.4, 0.5) is 4.79 Å². The van der Waals surface area contributed by atoms with Crippen LogP contribution in [0.15, 0.2) is 36.5 Å². The second kappa shape index (κ2) is 6.90. The van der Waals surface area contributed by atoms with Crippen LogP contribution in [0.5, 0.6) is 0 Å². The normalized spacial score (nSPS) is 17.1. The third-order valence-electron chi connectivity index (χ3n) is 3.47. The summed E-state index contributed by atoms with van der Waals surface area (Å²) in [5.74, 6) is -1.54. The van der Waals surface area contributed by atoms with E-state index in [0.717, 1.165) is 5.56 Å². The maximum absolute atomic E-state index is 11.8. The van der Waals surface area contributed by atoms with Crippen LogP contribution in [-0.2, 0) is 27.5 Å². The van der Waals surface area contributed by atoms with Crippen LogP contribution in [-0.4, -0.2) is 39.4 Å². The number of benzene rings is 1. The number of aromatic nitrogens is 3. The summed E-state index contributed by atoms with van der Waals surface area (Å²) in [7, 11) is 0. The summed E-state index contributed by atoms with van der Waals surface area (Å²) >= 11 is 0. The van der Waals surface area contributed by atoms with Crippen molar-refractivity contribution in [3.05, 3.63) is 47.8 Å². The first-order chi connectivity index (χ1) is 11.6. The molecule has 1 aromatic carbocycles. The summed E-state index contributed by atoms with van der Waals surface area (Å²) in [5.41, 5.74) is 1.27. The Balaban J connectivity index is 1.55. The van der Waals surface area contributed by atoms with E-state index < -0.39 is 23.8 Å². The van der Waals surface area contributed by atoms with Gasteiger partial charge >= 0.3 is 12.0 Å². The van der Waals surface area contributed by atoms with Crippen LogP contribution in [0.2, 0.25) is 0 Å². The van der Waals surface area contributed by atoms with Gasteiger partial charge in [-0.3, -0.25) is 14.9 Å². The number of hydrogen-bond donors (Lipinski definition) is 2. The predicted octanol–water partition coefficient (Wildman–Crippen LogP) is -0.0555. The lowest BCUT2D eigenvalue weighted by Gasteiger charge is -2.19. The van der Waals surface area contributed by atoms with Crippen LogP contribution in [0.25, 0.3) is 0 Å². The van der Waals surface area contributed by atoms with E-state index in [1.165, 1.54) is 10.9 Å². The summed E-state index contributed by atoms with van der Waals surface area (Å²) in [5, 5.41) is 12.4. The molecule has 9 heteroatoms. The molecule has 0 radical (unpaired) electrons. The van der Waals surface area contributed by atoms with E-state index in [2.05, 4.69) is 20.9 Å². The van der Waals surface area contributed by atoms with Crippen molar-refractivity contribution in [3.8, 4) is 0 Å². The summed E-state index contributed by atoms with van der Waals surface area (Å²) in [6, 6.07) is 8.79. The number of hydrogen-bond acceptors (Lipinski definition) is 6. The summed E-state index contributed by atoms with van der Waals surface area (Å²) in [4.78, 5) is 34.6. The van der Waals surface area contributed by atoms with Gasteiger partial charge in [0.05, 0.1) is 5.69 Å². The second-order valence-electron chi connectivity index (χ2n) is 5.24. The van der Waals surface area contributed by atoms with E-state index in [1.807, 2.05) is 30.3 Å². The molecule has 1 unspecified atom stereocenters. The molecular formula is C15H15N5O4. The molecule has 1 aromatic heterocycles. The van der Waals surface area contributed by atoms with Gasteiger partial charge in [0.15, 0.2) is 0 Å². The molecule has 1 fully saturated rings. The lowest BCUT2D eigenvalue weighted by atomic mass is 10.0. The quantitative estimate of drug-likeness (QED) is 0.743. The number of urea groups is 1. The van der Waals surface area contributed by atoms with Gasteiger partial charge in [0.1, 0.15) is 19.1 Å². The molecule has 2 aromatic rings. The van der Waals surface area contributed by atoms with Gasteiger partial charge in [-0.05, 0) is 5.56 Å². The van der Waals surface area contributed by atoms with Crippen molar-refractivity contribution in [2.75, 3.05) is 6.54 Å². The molecule has 3 amide bonds. The Morgan fingerprint density at radius 2 is 2.08 bits per heavy atom.